The van der Waals surface area contributed by atoms with Crippen molar-refractivity contribution in [3.05, 3.63) is 53.6 Å². The van der Waals surface area contributed by atoms with Gasteiger partial charge in [0.1, 0.15) is 6.04 Å². The van der Waals surface area contributed by atoms with Crippen LogP contribution in [0.15, 0.2) is 42.5 Å². The van der Waals surface area contributed by atoms with Crippen molar-refractivity contribution in [2.75, 3.05) is 25.7 Å². The lowest BCUT2D eigenvalue weighted by Crippen LogP contribution is -2.64. The number of ether oxygens (including phenoxy) is 2. The molecule has 7 nitrogen and oxygen atoms in total. The molecule has 2 aromatic rings. The van der Waals surface area contributed by atoms with Crippen molar-refractivity contribution in [1.29, 1.82) is 0 Å². The molecule has 0 radical (unpaired) electrons. The van der Waals surface area contributed by atoms with Crippen LogP contribution < -0.4 is 14.8 Å². The topological polar surface area (TPSA) is 71.1 Å². The number of benzene rings is 2. The Labute approximate surface area is 168 Å². The number of hydrogen-bond donors (Lipinski definition) is 1. The van der Waals surface area contributed by atoms with E-state index in [1.165, 1.54) is 5.56 Å². The Kier molecular flexibility index (Phi) is 3.39. The van der Waals surface area contributed by atoms with Gasteiger partial charge in [0.15, 0.2) is 11.5 Å². The minimum Gasteiger partial charge on any atom is -0.454 e. The largest absolute Gasteiger partial charge is 0.454 e. The summed E-state index contributed by atoms with van der Waals surface area (Å²) in [5.74, 6) is 1.55. The van der Waals surface area contributed by atoms with Gasteiger partial charge in [-0.05, 0) is 35.7 Å². The summed E-state index contributed by atoms with van der Waals surface area (Å²) in [6.45, 7) is 0.314. The van der Waals surface area contributed by atoms with Gasteiger partial charge in [-0.25, -0.2) is 0 Å². The van der Waals surface area contributed by atoms with E-state index >= 15 is 0 Å². The third kappa shape index (κ3) is 2.30. The number of hydrogen-bond acceptors (Lipinski definition) is 5. The second kappa shape index (κ2) is 5.89. The molecule has 0 saturated carbocycles. The quantitative estimate of drug-likeness (QED) is 0.806. The molecule has 29 heavy (non-hydrogen) atoms. The number of piperidine rings is 1. The van der Waals surface area contributed by atoms with Crippen LogP contribution in [0.3, 0.4) is 0 Å². The number of carbonyl (C=O) groups is 2. The van der Waals surface area contributed by atoms with Gasteiger partial charge in [0.2, 0.25) is 18.6 Å². The number of nitrogens with zero attached hydrogens (tertiary/aromatic N) is 2. The van der Waals surface area contributed by atoms with Gasteiger partial charge in [-0.2, -0.15) is 0 Å². The van der Waals surface area contributed by atoms with Crippen molar-refractivity contribution in [1.82, 2.24) is 9.80 Å². The molecule has 1 N–H and O–H groups in total. The molecule has 6 rings (SSSR count). The van der Waals surface area contributed by atoms with Crippen LogP contribution >= 0.6 is 0 Å². The minimum atomic E-state index is -0.453. The fraction of sp³-hybridized carbons (Fsp3) is 0.364. The van der Waals surface area contributed by atoms with Crippen LogP contribution in [0.4, 0.5) is 5.69 Å². The van der Waals surface area contributed by atoms with E-state index in [0.717, 1.165) is 11.3 Å². The van der Waals surface area contributed by atoms with Crippen LogP contribution in [0.5, 0.6) is 11.5 Å². The Balaban J connectivity index is 1.49. The number of para-hydroxylation sites is 1. The van der Waals surface area contributed by atoms with Crippen LogP contribution in [-0.2, 0) is 9.59 Å². The predicted molar refractivity (Wildman–Crippen MR) is 105 cm³/mol. The van der Waals surface area contributed by atoms with E-state index in [2.05, 4.69) is 17.4 Å². The molecule has 4 atom stereocenters. The standard InChI is InChI=1S/C22H21N3O4/c1-24-10-19(26)25-16(22(24)27)9-14-13-4-2-3-5-15(13)23-20(14)21(25)12-6-7-17-18(8-12)29-11-28-17/h2-8,14,16,20-21,23H,9-11H2,1H3/t14?,16?,20?,21-/m1/s1. The first-order valence-corrected chi connectivity index (χ1v) is 9.93. The number of nitrogens with one attached hydrogen (secondary N) is 1. The number of piperazine rings is 1. The Morgan fingerprint density at radius 3 is 2.79 bits per heavy atom. The predicted octanol–water partition coefficient (Wildman–Crippen LogP) is 2.11. The van der Waals surface area contributed by atoms with Crippen LogP contribution in [0.1, 0.15) is 29.5 Å². The van der Waals surface area contributed by atoms with Crippen molar-refractivity contribution in [3.8, 4) is 11.5 Å². The van der Waals surface area contributed by atoms with E-state index in [9.17, 15) is 9.59 Å². The molecule has 0 spiro atoms. The Morgan fingerprint density at radius 1 is 1.07 bits per heavy atom. The maximum Gasteiger partial charge on any atom is 0.245 e. The second-order valence-corrected chi connectivity index (χ2v) is 8.17. The summed E-state index contributed by atoms with van der Waals surface area (Å²) in [6.07, 6.45) is 0.630. The molecule has 2 aromatic carbocycles. The van der Waals surface area contributed by atoms with E-state index in [1.54, 1.807) is 16.8 Å². The molecule has 2 saturated heterocycles. The van der Waals surface area contributed by atoms with Crippen LogP contribution in [0, 0.1) is 0 Å². The van der Waals surface area contributed by atoms with E-state index in [0.29, 0.717) is 17.9 Å². The van der Waals surface area contributed by atoms with Gasteiger partial charge in [0, 0.05) is 18.7 Å². The van der Waals surface area contributed by atoms with Crippen LogP contribution in [0.2, 0.25) is 0 Å². The molecule has 0 aliphatic carbocycles. The van der Waals surface area contributed by atoms with E-state index in [1.807, 2.05) is 30.3 Å². The molecule has 4 aliphatic heterocycles. The summed E-state index contributed by atoms with van der Waals surface area (Å²) in [6, 6.07) is 13.4. The third-order valence-corrected chi connectivity index (χ3v) is 6.63. The van der Waals surface area contributed by atoms with Gasteiger partial charge in [-0.3, -0.25) is 9.59 Å². The number of carbonyl (C=O) groups excluding carboxylic acids is 2. The highest BCUT2D eigenvalue weighted by molar-refractivity contribution is 5.95. The lowest BCUT2D eigenvalue weighted by molar-refractivity contribution is -0.161. The van der Waals surface area contributed by atoms with E-state index in [-0.39, 0.29) is 43.2 Å². The molecule has 2 fully saturated rings. The first kappa shape index (κ1) is 16.7. The van der Waals surface area contributed by atoms with Crippen molar-refractivity contribution in [2.24, 2.45) is 0 Å². The maximum atomic E-state index is 13.1. The molecule has 4 heterocycles. The molecule has 4 aliphatic rings. The number of rotatable bonds is 1. The highest BCUT2D eigenvalue weighted by Crippen LogP contribution is 2.51. The normalized spacial score (nSPS) is 29.3. The van der Waals surface area contributed by atoms with Gasteiger partial charge in [-0.1, -0.05) is 24.3 Å². The lowest BCUT2D eigenvalue weighted by atomic mass is 9.76. The second-order valence-electron chi connectivity index (χ2n) is 8.17. The third-order valence-electron chi connectivity index (χ3n) is 6.63. The summed E-state index contributed by atoms with van der Waals surface area (Å²) in [4.78, 5) is 29.5. The van der Waals surface area contributed by atoms with Gasteiger partial charge in [0.05, 0.1) is 18.6 Å². The zero-order chi connectivity index (χ0) is 19.7. The highest BCUT2D eigenvalue weighted by Gasteiger charge is 2.54. The molecule has 0 aromatic heterocycles. The van der Waals surface area contributed by atoms with Crippen molar-refractivity contribution < 1.29 is 19.1 Å². The first-order valence-electron chi connectivity index (χ1n) is 9.93. The summed E-state index contributed by atoms with van der Waals surface area (Å²) in [7, 11) is 1.71. The molecular weight excluding hydrogens is 370 g/mol. The van der Waals surface area contributed by atoms with Gasteiger partial charge in [0.25, 0.3) is 0 Å². The summed E-state index contributed by atoms with van der Waals surface area (Å²) in [5, 5.41) is 3.64. The Bertz CT molecular complexity index is 1040. The minimum absolute atomic E-state index is 0.00387. The summed E-state index contributed by atoms with van der Waals surface area (Å²) in [5.41, 5.74) is 3.26. The fourth-order valence-electron chi connectivity index (χ4n) is 5.35. The van der Waals surface area contributed by atoms with Gasteiger partial charge >= 0.3 is 0 Å². The van der Waals surface area contributed by atoms with Crippen molar-refractivity contribution in [2.45, 2.75) is 30.5 Å². The van der Waals surface area contributed by atoms with Crippen LogP contribution in [0.25, 0.3) is 0 Å². The zero-order valence-electron chi connectivity index (χ0n) is 16.0. The van der Waals surface area contributed by atoms with Crippen molar-refractivity contribution >= 4 is 17.5 Å². The average Bonchev–Trinajstić information content (AvgIpc) is 3.34. The average molecular weight is 391 g/mol. The smallest absolute Gasteiger partial charge is 0.245 e. The molecule has 7 heteroatoms. The van der Waals surface area contributed by atoms with Gasteiger partial charge < -0.3 is 24.6 Å². The highest BCUT2D eigenvalue weighted by atomic mass is 16.7. The number of anilines is 1. The summed E-state index contributed by atoms with van der Waals surface area (Å²) < 4.78 is 11.0. The molecule has 148 valence electrons. The molecule has 3 unspecified atom stereocenters. The first-order chi connectivity index (χ1) is 14.1. The molecule has 0 bridgehead atoms. The SMILES string of the molecule is CN1CC(=O)N2C(CC3c4ccccc4NC3[C@H]2c2ccc3c(c2)OCO3)C1=O. The van der Waals surface area contributed by atoms with E-state index in [4.69, 9.17) is 9.47 Å². The Morgan fingerprint density at radius 2 is 1.90 bits per heavy atom. The van der Waals surface area contributed by atoms with Gasteiger partial charge in [-0.15, -0.1) is 0 Å². The van der Waals surface area contributed by atoms with E-state index < -0.39 is 6.04 Å². The number of fused-ring (bicyclic) bond motifs is 5. The molecular formula is C22H21N3O4. The monoisotopic (exact) mass is 391 g/mol. The number of likely N-dealkylation sites (N-methyl/N-ethyl adjacent to an activating group) is 1. The fourth-order valence-corrected chi connectivity index (χ4v) is 5.35. The Hall–Kier alpha value is -3.22. The summed E-state index contributed by atoms with van der Waals surface area (Å²) >= 11 is 0. The zero-order valence-corrected chi connectivity index (χ0v) is 16.0. The molecule has 2 amide bonds. The van der Waals surface area contributed by atoms with Crippen molar-refractivity contribution in [3.63, 3.8) is 0 Å². The number of amides is 2. The lowest BCUT2D eigenvalue weighted by Gasteiger charge is -2.51. The van der Waals surface area contributed by atoms with Crippen LogP contribution in [-0.4, -0.2) is 54.1 Å². The maximum absolute atomic E-state index is 13.1.